The molecule has 0 saturated carbocycles. The molecule has 1 unspecified atom stereocenters. The van der Waals surface area contributed by atoms with E-state index in [0.29, 0.717) is 26.1 Å². The molecule has 144 valence electrons. The molecule has 6 nitrogen and oxygen atoms in total. The monoisotopic (exact) mass is 387 g/mol. The van der Waals surface area contributed by atoms with E-state index in [4.69, 9.17) is 0 Å². The highest BCUT2D eigenvalue weighted by molar-refractivity contribution is 7.92. The van der Waals surface area contributed by atoms with E-state index >= 15 is 0 Å². The average molecular weight is 387 g/mol. The Hall–Kier alpha value is -1.74. The van der Waals surface area contributed by atoms with Crippen LogP contribution in [-0.4, -0.2) is 57.5 Å². The number of carbonyl (C=O) groups excluding carboxylic acids is 1. The number of benzene rings is 1. The first-order valence-electron chi connectivity index (χ1n) is 8.65. The van der Waals surface area contributed by atoms with Gasteiger partial charge in [-0.15, -0.1) is 0 Å². The van der Waals surface area contributed by atoms with Crippen LogP contribution in [0.2, 0.25) is 0 Å². The van der Waals surface area contributed by atoms with Gasteiger partial charge in [-0.2, -0.15) is 0 Å². The summed E-state index contributed by atoms with van der Waals surface area (Å²) in [7, 11) is -3.59. The molecule has 2 fully saturated rings. The highest BCUT2D eigenvalue weighted by atomic mass is 32.2. The fourth-order valence-electron chi connectivity index (χ4n) is 3.79. The van der Waals surface area contributed by atoms with Gasteiger partial charge in [0, 0.05) is 25.4 Å². The molecule has 0 aromatic heterocycles. The maximum Gasteiger partial charge on any atom is 0.241 e. The summed E-state index contributed by atoms with van der Waals surface area (Å²) in [6, 6.07) is 3.34. The Labute approximate surface area is 151 Å². The molecule has 2 heterocycles. The van der Waals surface area contributed by atoms with Crippen LogP contribution in [-0.2, 0) is 14.6 Å². The standard InChI is InChI=1S/C17H23F2N3O3S/c1-26(24,25)17(6-8-20-9-7-17)16(23)21-12-5-10-22(11-12)15-13(18)3-2-4-14(15)19/h2-4,12,20H,5-11H2,1H3,(H,21,23). The molecular formula is C17H23F2N3O3S. The van der Waals surface area contributed by atoms with Gasteiger partial charge in [-0.3, -0.25) is 4.79 Å². The predicted molar refractivity (Wildman–Crippen MR) is 94.8 cm³/mol. The number of para-hydroxylation sites is 1. The minimum Gasteiger partial charge on any atom is -0.365 e. The summed E-state index contributed by atoms with van der Waals surface area (Å²) in [5, 5.41) is 5.87. The zero-order valence-corrected chi connectivity index (χ0v) is 15.4. The van der Waals surface area contributed by atoms with Crippen LogP contribution in [0.25, 0.3) is 0 Å². The van der Waals surface area contributed by atoms with E-state index in [2.05, 4.69) is 10.6 Å². The van der Waals surface area contributed by atoms with Crippen LogP contribution in [0.1, 0.15) is 19.3 Å². The lowest BCUT2D eigenvalue weighted by atomic mass is 9.95. The van der Waals surface area contributed by atoms with Crippen molar-refractivity contribution in [2.45, 2.75) is 30.1 Å². The summed E-state index contributed by atoms with van der Waals surface area (Å²) in [6.07, 6.45) is 2.03. The quantitative estimate of drug-likeness (QED) is 0.800. The molecule has 0 aliphatic carbocycles. The first-order chi connectivity index (χ1) is 12.2. The normalized spacial score (nSPS) is 23.0. The molecule has 1 amide bonds. The molecule has 0 radical (unpaired) electrons. The van der Waals surface area contributed by atoms with E-state index in [1.807, 2.05) is 0 Å². The Morgan fingerprint density at radius 3 is 2.46 bits per heavy atom. The first-order valence-corrected chi connectivity index (χ1v) is 10.5. The van der Waals surface area contributed by atoms with Gasteiger partial charge in [0.15, 0.2) is 14.6 Å². The predicted octanol–water partition coefficient (Wildman–Crippen LogP) is 0.826. The molecule has 2 saturated heterocycles. The first kappa shape index (κ1) is 19.0. The third-order valence-corrected chi connectivity index (χ3v) is 7.33. The Balaban J connectivity index is 1.73. The van der Waals surface area contributed by atoms with Crippen molar-refractivity contribution < 1.29 is 22.0 Å². The molecule has 1 atom stereocenters. The number of hydrogen-bond donors (Lipinski definition) is 2. The largest absolute Gasteiger partial charge is 0.365 e. The van der Waals surface area contributed by atoms with E-state index in [1.54, 1.807) is 4.90 Å². The molecule has 26 heavy (non-hydrogen) atoms. The van der Waals surface area contributed by atoms with Gasteiger partial charge in [-0.25, -0.2) is 17.2 Å². The molecule has 2 N–H and O–H groups in total. The van der Waals surface area contributed by atoms with Gasteiger partial charge in [0.2, 0.25) is 5.91 Å². The van der Waals surface area contributed by atoms with Crippen LogP contribution in [0.3, 0.4) is 0 Å². The summed E-state index contributed by atoms with van der Waals surface area (Å²) < 4.78 is 51.1. The number of carbonyl (C=O) groups is 1. The average Bonchev–Trinajstić information content (AvgIpc) is 3.02. The second kappa shape index (κ2) is 7.11. The smallest absolute Gasteiger partial charge is 0.241 e. The van der Waals surface area contributed by atoms with Crippen molar-refractivity contribution >= 4 is 21.4 Å². The van der Waals surface area contributed by atoms with Gasteiger partial charge in [0.1, 0.15) is 17.3 Å². The lowest BCUT2D eigenvalue weighted by molar-refractivity contribution is -0.124. The number of anilines is 1. The lowest BCUT2D eigenvalue weighted by Gasteiger charge is -2.35. The van der Waals surface area contributed by atoms with Crippen LogP contribution >= 0.6 is 0 Å². The minimum absolute atomic E-state index is 0.107. The van der Waals surface area contributed by atoms with E-state index < -0.39 is 32.1 Å². The summed E-state index contributed by atoms with van der Waals surface area (Å²) in [5.74, 6) is -1.81. The van der Waals surface area contributed by atoms with Gasteiger partial charge in [0.05, 0.1) is 0 Å². The zero-order chi connectivity index (χ0) is 18.9. The summed E-state index contributed by atoms with van der Waals surface area (Å²) in [4.78, 5) is 14.4. The van der Waals surface area contributed by atoms with Crippen molar-refractivity contribution in [1.29, 1.82) is 0 Å². The topological polar surface area (TPSA) is 78.5 Å². The van der Waals surface area contributed by atoms with Crippen LogP contribution in [0.15, 0.2) is 18.2 Å². The summed E-state index contributed by atoms with van der Waals surface area (Å²) in [6.45, 7) is 1.54. The fourth-order valence-corrected chi connectivity index (χ4v) is 5.13. The van der Waals surface area contributed by atoms with E-state index in [1.165, 1.54) is 18.2 Å². The molecule has 1 aromatic carbocycles. The lowest BCUT2D eigenvalue weighted by Crippen LogP contribution is -2.59. The second-order valence-electron chi connectivity index (χ2n) is 6.99. The van der Waals surface area contributed by atoms with Crippen LogP contribution in [0.5, 0.6) is 0 Å². The number of rotatable bonds is 4. The molecule has 2 aliphatic heterocycles. The molecule has 0 bridgehead atoms. The maximum atomic E-state index is 13.9. The Bertz CT molecular complexity index is 774. The van der Waals surface area contributed by atoms with Crippen molar-refractivity contribution in [2.24, 2.45) is 0 Å². The minimum atomic E-state index is -3.59. The van der Waals surface area contributed by atoms with Gasteiger partial charge >= 0.3 is 0 Å². The van der Waals surface area contributed by atoms with Crippen molar-refractivity contribution in [1.82, 2.24) is 10.6 Å². The number of nitrogens with one attached hydrogen (secondary N) is 2. The van der Waals surface area contributed by atoms with Crippen molar-refractivity contribution in [3.63, 3.8) is 0 Å². The highest BCUT2D eigenvalue weighted by Crippen LogP contribution is 2.30. The molecule has 0 spiro atoms. The molecule has 1 aromatic rings. The van der Waals surface area contributed by atoms with E-state index in [9.17, 15) is 22.0 Å². The van der Waals surface area contributed by atoms with Gasteiger partial charge in [0.25, 0.3) is 0 Å². The van der Waals surface area contributed by atoms with Crippen molar-refractivity contribution in [2.75, 3.05) is 37.3 Å². The number of piperidine rings is 1. The Morgan fingerprint density at radius 2 is 1.88 bits per heavy atom. The zero-order valence-electron chi connectivity index (χ0n) is 14.6. The van der Waals surface area contributed by atoms with Crippen molar-refractivity contribution in [3.8, 4) is 0 Å². The second-order valence-corrected chi connectivity index (χ2v) is 9.32. The van der Waals surface area contributed by atoms with Crippen LogP contribution in [0, 0.1) is 11.6 Å². The SMILES string of the molecule is CS(=O)(=O)C1(C(=O)NC2CCN(c3c(F)cccc3F)C2)CCNCC1. The van der Waals surface area contributed by atoms with Crippen molar-refractivity contribution in [3.05, 3.63) is 29.8 Å². The third-order valence-electron chi connectivity index (χ3n) is 5.31. The van der Waals surface area contributed by atoms with Gasteiger partial charge < -0.3 is 15.5 Å². The van der Waals surface area contributed by atoms with Gasteiger partial charge in [-0.1, -0.05) is 6.07 Å². The van der Waals surface area contributed by atoms with Gasteiger partial charge in [-0.05, 0) is 44.5 Å². The Kier molecular flexibility index (Phi) is 5.21. The number of hydrogen-bond acceptors (Lipinski definition) is 5. The van der Waals surface area contributed by atoms with Crippen LogP contribution in [0.4, 0.5) is 14.5 Å². The highest BCUT2D eigenvalue weighted by Gasteiger charge is 2.49. The number of amides is 1. The molecular weight excluding hydrogens is 364 g/mol. The summed E-state index contributed by atoms with van der Waals surface area (Å²) in [5.41, 5.74) is -0.107. The number of nitrogens with zero attached hydrogens (tertiary/aromatic N) is 1. The van der Waals surface area contributed by atoms with E-state index in [-0.39, 0.29) is 31.1 Å². The Morgan fingerprint density at radius 1 is 1.27 bits per heavy atom. The molecule has 9 heteroatoms. The summed E-state index contributed by atoms with van der Waals surface area (Å²) >= 11 is 0. The number of halogens is 2. The molecule has 3 rings (SSSR count). The maximum absolute atomic E-state index is 13.9. The van der Waals surface area contributed by atoms with Crippen LogP contribution < -0.4 is 15.5 Å². The third kappa shape index (κ3) is 3.42. The molecule has 2 aliphatic rings. The fraction of sp³-hybridized carbons (Fsp3) is 0.588. The number of sulfone groups is 1. The van der Waals surface area contributed by atoms with E-state index in [0.717, 1.165) is 6.26 Å².